The molecule has 0 aromatic heterocycles. The fourth-order valence-electron chi connectivity index (χ4n) is 5.81. The maximum atomic E-state index is 14.0. The average Bonchev–Trinajstić information content (AvgIpc) is 3.16. The lowest BCUT2D eigenvalue weighted by molar-refractivity contribution is -0.133. The van der Waals surface area contributed by atoms with E-state index in [1.807, 2.05) is 42.2 Å². The zero-order chi connectivity index (χ0) is 29.8. The highest BCUT2D eigenvalue weighted by molar-refractivity contribution is 6.30. The van der Waals surface area contributed by atoms with Crippen LogP contribution in [0.4, 0.5) is 11.4 Å². The van der Waals surface area contributed by atoms with Crippen LogP contribution in [-0.2, 0) is 4.79 Å². The van der Waals surface area contributed by atoms with E-state index in [1.165, 1.54) is 7.11 Å². The molecule has 0 radical (unpaired) electrons. The molecule has 42 heavy (non-hydrogen) atoms. The number of nitrogens with one attached hydrogen (secondary N) is 1. The smallest absolute Gasteiger partial charge is 0.262 e. The number of fused-ring (bicyclic) bond motifs is 1. The maximum Gasteiger partial charge on any atom is 0.262 e. The van der Waals surface area contributed by atoms with E-state index in [-0.39, 0.29) is 23.6 Å². The van der Waals surface area contributed by atoms with Gasteiger partial charge in [-0.05, 0) is 80.3 Å². The highest BCUT2D eigenvalue weighted by Gasteiger charge is 2.31. The van der Waals surface area contributed by atoms with Gasteiger partial charge in [0, 0.05) is 67.2 Å². The van der Waals surface area contributed by atoms with Gasteiger partial charge in [0.15, 0.2) is 0 Å². The molecular weight excluding hydrogens is 552 g/mol. The Bertz CT molecular complexity index is 1480. The number of anilines is 2. The van der Waals surface area contributed by atoms with E-state index in [0.717, 1.165) is 55.8 Å². The standard InChI is InChI=1S/C33H37ClN4O4/c1-22-7-4-5-9-26(22)32(40)35-25-11-12-27(30(21-25)42-3)33(41)38-14-6-8-23(28-20-24(34)10-13-29(28)38)19-31(39)37-17-15-36(2)16-18-37/h4-5,7,9-13,20-21,23H,6,8,14-19H2,1-3H3,(H,35,40). The van der Waals surface area contributed by atoms with Crippen LogP contribution in [-0.4, -0.2) is 74.4 Å². The van der Waals surface area contributed by atoms with Crippen molar-refractivity contribution in [3.63, 3.8) is 0 Å². The van der Waals surface area contributed by atoms with Crippen LogP contribution in [0.2, 0.25) is 5.02 Å². The molecule has 0 bridgehead atoms. The predicted molar refractivity (Wildman–Crippen MR) is 166 cm³/mol. The second-order valence-electron chi connectivity index (χ2n) is 11.1. The second-order valence-corrected chi connectivity index (χ2v) is 11.5. The van der Waals surface area contributed by atoms with Gasteiger partial charge < -0.3 is 24.8 Å². The van der Waals surface area contributed by atoms with Crippen LogP contribution in [0, 0.1) is 6.92 Å². The van der Waals surface area contributed by atoms with Crippen molar-refractivity contribution in [2.24, 2.45) is 0 Å². The number of methoxy groups -OCH3 is 1. The summed E-state index contributed by atoms with van der Waals surface area (Å²) in [6.45, 7) is 5.60. The van der Waals surface area contributed by atoms with Gasteiger partial charge in [-0.3, -0.25) is 14.4 Å². The van der Waals surface area contributed by atoms with Crippen molar-refractivity contribution in [1.82, 2.24) is 9.80 Å². The Morgan fingerprint density at radius 1 is 0.952 bits per heavy atom. The molecule has 9 heteroatoms. The summed E-state index contributed by atoms with van der Waals surface area (Å²) in [7, 11) is 3.58. The van der Waals surface area contributed by atoms with E-state index in [0.29, 0.717) is 40.6 Å². The van der Waals surface area contributed by atoms with Crippen LogP contribution >= 0.6 is 11.6 Å². The van der Waals surface area contributed by atoms with Crippen LogP contribution < -0.4 is 15.0 Å². The fraction of sp³-hybridized carbons (Fsp3) is 0.364. The number of likely N-dealkylation sites (N-methyl/N-ethyl adjacent to an activating group) is 1. The van der Waals surface area contributed by atoms with Gasteiger partial charge in [0.2, 0.25) is 5.91 Å². The first-order valence-electron chi connectivity index (χ1n) is 14.4. The molecule has 0 spiro atoms. The fourth-order valence-corrected chi connectivity index (χ4v) is 5.99. The molecule has 1 saturated heterocycles. The van der Waals surface area contributed by atoms with Crippen LogP contribution in [0.15, 0.2) is 60.7 Å². The van der Waals surface area contributed by atoms with E-state index in [4.69, 9.17) is 16.3 Å². The molecule has 2 aliphatic rings. The molecule has 0 aliphatic carbocycles. The van der Waals surface area contributed by atoms with Crippen LogP contribution in [0.1, 0.15) is 57.0 Å². The summed E-state index contributed by atoms with van der Waals surface area (Å²) in [4.78, 5) is 46.1. The number of ether oxygens (including phenoxy) is 1. The van der Waals surface area contributed by atoms with Gasteiger partial charge >= 0.3 is 0 Å². The third-order valence-electron chi connectivity index (χ3n) is 8.26. The zero-order valence-corrected chi connectivity index (χ0v) is 25.1. The Balaban J connectivity index is 1.38. The molecule has 2 aliphatic heterocycles. The number of aryl methyl sites for hydroxylation is 1. The highest BCUT2D eigenvalue weighted by atomic mass is 35.5. The minimum Gasteiger partial charge on any atom is -0.496 e. The largest absolute Gasteiger partial charge is 0.496 e. The first kappa shape index (κ1) is 29.6. The molecular formula is C33H37ClN4O4. The number of hydrogen-bond donors (Lipinski definition) is 1. The summed E-state index contributed by atoms with van der Waals surface area (Å²) in [6, 6.07) is 18.0. The van der Waals surface area contributed by atoms with Gasteiger partial charge in [0.05, 0.1) is 12.7 Å². The van der Waals surface area contributed by atoms with Crippen molar-refractivity contribution in [3.8, 4) is 5.75 Å². The third-order valence-corrected chi connectivity index (χ3v) is 8.49. The van der Waals surface area contributed by atoms with Crippen LogP contribution in [0.5, 0.6) is 5.75 Å². The average molecular weight is 589 g/mol. The number of carbonyl (C=O) groups excluding carboxylic acids is 3. The molecule has 220 valence electrons. The Kier molecular flexibility index (Phi) is 9.14. The number of nitrogens with zero attached hydrogens (tertiary/aromatic N) is 3. The molecule has 3 aromatic carbocycles. The Hall–Kier alpha value is -3.88. The monoisotopic (exact) mass is 588 g/mol. The minimum atomic E-state index is -0.232. The topological polar surface area (TPSA) is 82.2 Å². The molecule has 5 rings (SSSR count). The van der Waals surface area contributed by atoms with Crippen molar-refractivity contribution in [2.45, 2.75) is 32.1 Å². The molecule has 1 N–H and O–H groups in total. The molecule has 1 atom stereocenters. The van der Waals surface area contributed by atoms with Crippen molar-refractivity contribution < 1.29 is 19.1 Å². The first-order valence-corrected chi connectivity index (χ1v) is 14.8. The van der Waals surface area contributed by atoms with Gasteiger partial charge in [-0.25, -0.2) is 0 Å². The Morgan fingerprint density at radius 2 is 1.71 bits per heavy atom. The zero-order valence-electron chi connectivity index (χ0n) is 24.4. The third kappa shape index (κ3) is 6.45. The van der Waals surface area contributed by atoms with Crippen molar-refractivity contribution in [2.75, 3.05) is 57.1 Å². The van der Waals surface area contributed by atoms with Gasteiger partial charge in [-0.1, -0.05) is 29.8 Å². The van der Waals surface area contributed by atoms with Crippen molar-refractivity contribution in [1.29, 1.82) is 0 Å². The number of carbonyl (C=O) groups is 3. The lowest BCUT2D eigenvalue weighted by Gasteiger charge is -2.33. The number of rotatable bonds is 6. The normalized spacial score (nSPS) is 17.3. The molecule has 8 nitrogen and oxygen atoms in total. The summed E-state index contributed by atoms with van der Waals surface area (Å²) >= 11 is 6.44. The molecule has 3 aromatic rings. The van der Waals surface area contributed by atoms with Gasteiger partial charge in [-0.15, -0.1) is 0 Å². The van der Waals surface area contributed by atoms with Gasteiger partial charge in [-0.2, -0.15) is 0 Å². The van der Waals surface area contributed by atoms with Crippen molar-refractivity contribution in [3.05, 3.63) is 87.9 Å². The van der Waals surface area contributed by atoms with E-state index < -0.39 is 0 Å². The summed E-state index contributed by atoms with van der Waals surface area (Å²) in [5, 5.41) is 3.48. The molecule has 3 amide bonds. The highest BCUT2D eigenvalue weighted by Crippen LogP contribution is 2.40. The van der Waals surface area contributed by atoms with E-state index in [2.05, 4.69) is 17.3 Å². The molecule has 1 fully saturated rings. The van der Waals surface area contributed by atoms with Crippen LogP contribution in [0.3, 0.4) is 0 Å². The molecule has 0 saturated carbocycles. The number of piperazine rings is 1. The van der Waals surface area contributed by atoms with E-state index in [1.54, 1.807) is 35.2 Å². The molecule has 1 unspecified atom stereocenters. The van der Waals surface area contributed by atoms with Crippen molar-refractivity contribution >= 4 is 40.7 Å². The first-order chi connectivity index (χ1) is 20.2. The molecule has 2 heterocycles. The summed E-state index contributed by atoms with van der Waals surface area (Å²) in [5.74, 6) is 0.0282. The van der Waals surface area contributed by atoms with Crippen LogP contribution in [0.25, 0.3) is 0 Å². The quantitative estimate of drug-likeness (QED) is 0.405. The summed E-state index contributed by atoms with van der Waals surface area (Å²) in [5.41, 5.74) is 4.05. The lowest BCUT2D eigenvalue weighted by Crippen LogP contribution is -2.47. The summed E-state index contributed by atoms with van der Waals surface area (Å²) in [6.07, 6.45) is 1.90. The van der Waals surface area contributed by atoms with E-state index in [9.17, 15) is 14.4 Å². The minimum absolute atomic E-state index is 0.0374. The van der Waals surface area contributed by atoms with E-state index >= 15 is 0 Å². The number of benzene rings is 3. The maximum absolute atomic E-state index is 14.0. The summed E-state index contributed by atoms with van der Waals surface area (Å²) < 4.78 is 5.62. The SMILES string of the molecule is COc1cc(NC(=O)c2ccccc2C)ccc1C(=O)N1CCCC(CC(=O)N2CCN(C)CC2)c2cc(Cl)ccc21. The van der Waals surface area contributed by atoms with Gasteiger partial charge in [0.1, 0.15) is 5.75 Å². The lowest BCUT2D eigenvalue weighted by atomic mass is 9.90. The number of amides is 3. The second kappa shape index (κ2) is 13.0. The Morgan fingerprint density at radius 3 is 2.45 bits per heavy atom. The number of halogens is 1. The Labute approximate surface area is 252 Å². The number of hydrogen-bond acceptors (Lipinski definition) is 5. The van der Waals surface area contributed by atoms with Gasteiger partial charge in [0.25, 0.3) is 11.8 Å². The predicted octanol–water partition coefficient (Wildman–Crippen LogP) is 5.60.